The average Bonchev–Trinajstić information content (AvgIpc) is 2.87. The smallest absolute Gasteiger partial charge is 0.480 e. The van der Waals surface area contributed by atoms with Crippen molar-refractivity contribution in [3.05, 3.63) is 29.8 Å². The van der Waals surface area contributed by atoms with Gasteiger partial charge in [0.15, 0.2) is 0 Å². The number of amides is 1. The van der Waals surface area contributed by atoms with Crippen molar-refractivity contribution in [3.8, 4) is 0 Å². The van der Waals surface area contributed by atoms with E-state index in [1.165, 1.54) is 0 Å². The maximum Gasteiger partial charge on any atom is 0.494 e. The van der Waals surface area contributed by atoms with Crippen LogP contribution in [0.2, 0.25) is 0 Å². The van der Waals surface area contributed by atoms with Gasteiger partial charge in [-0.15, -0.1) is 0 Å². The van der Waals surface area contributed by atoms with E-state index in [9.17, 15) is 19.5 Å². The Labute approximate surface area is 177 Å². The highest BCUT2D eigenvalue weighted by molar-refractivity contribution is 6.62. The van der Waals surface area contributed by atoms with Gasteiger partial charge in [-0.05, 0) is 45.6 Å². The first-order valence-corrected chi connectivity index (χ1v) is 10.1. The summed E-state index contributed by atoms with van der Waals surface area (Å²) in [4.78, 5) is 34.9. The van der Waals surface area contributed by atoms with Crippen LogP contribution in [0.5, 0.6) is 0 Å². The lowest BCUT2D eigenvalue weighted by atomic mass is 9.78. The van der Waals surface area contributed by atoms with Gasteiger partial charge in [0.25, 0.3) is 0 Å². The SMILES string of the molecule is CCOC(=O)CCC(=O)N[C@H](Cc1ccc(B2OC(C)(C)C(C)(C)O2)cc1)C(=O)O. The molecule has 0 bridgehead atoms. The van der Waals surface area contributed by atoms with Crippen LogP contribution in [0.4, 0.5) is 0 Å². The van der Waals surface area contributed by atoms with Crippen LogP contribution in [-0.4, -0.2) is 53.9 Å². The molecule has 1 amide bonds. The fourth-order valence-corrected chi connectivity index (χ4v) is 2.94. The van der Waals surface area contributed by atoms with Crippen LogP contribution in [0, 0.1) is 0 Å². The topological polar surface area (TPSA) is 111 Å². The minimum absolute atomic E-state index is 0.0885. The van der Waals surface area contributed by atoms with Crippen LogP contribution in [0.1, 0.15) is 53.0 Å². The molecule has 0 radical (unpaired) electrons. The highest BCUT2D eigenvalue weighted by atomic mass is 16.7. The standard InChI is InChI=1S/C21H30BNO7/c1-6-28-18(25)12-11-17(24)23-16(19(26)27)13-14-7-9-15(10-8-14)22-29-20(2,3)21(4,5)30-22/h7-10,16H,6,11-13H2,1-5H3,(H,23,24)(H,26,27)/t16-/m1/s1. The van der Waals surface area contributed by atoms with Crippen molar-refractivity contribution in [2.75, 3.05) is 6.61 Å². The molecule has 0 aromatic heterocycles. The van der Waals surface area contributed by atoms with Crippen LogP contribution >= 0.6 is 0 Å². The summed E-state index contributed by atoms with van der Waals surface area (Å²) >= 11 is 0. The normalized spacial score (nSPS) is 18.0. The summed E-state index contributed by atoms with van der Waals surface area (Å²) in [6.45, 7) is 9.82. The second kappa shape index (κ2) is 9.62. The van der Waals surface area contributed by atoms with E-state index in [1.54, 1.807) is 19.1 Å². The monoisotopic (exact) mass is 419 g/mol. The number of hydrogen-bond acceptors (Lipinski definition) is 6. The Balaban J connectivity index is 1.96. The highest BCUT2D eigenvalue weighted by Crippen LogP contribution is 2.36. The minimum atomic E-state index is -1.14. The number of rotatable bonds is 9. The molecule has 0 spiro atoms. The van der Waals surface area contributed by atoms with Gasteiger partial charge in [0.2, 0.25) is 5.91 Å². The van der Waals surface area contributed by atoms with E-state index in [0.29, 0.717) is 0 Å². The molecule has 0 unspecified atom stereocenters. The van der Waals surface area contributed by atoms with Gasteiger partial charge in [-0.25, -0.2) is 4.79 Å². The molecule has 0 aliphatic carbocycles. The van der Waals surface area contributed by atoms with Gasteiger partial charge in [-0.1, -0.05) is 24.3 Å². The van der Waals surface area contributed by atoms with E-state index in [0.717, 1.165) is 11.0 Å². The molecule has 8 nitrogen and oxygen atoms in total. The van der Waals surface area contributed by atoms with E-state index < -0.39 is 42.2 Å². The summed E-state index contributed by atoms with van der Waals surface area (Å²) in [5.74, 6) is -2.14. The summed E-state index contributed by atoms with van der Waals surface area (Å²) in [6.07, 6.45) is -0.0948. The number of ether oxygens (including phenoxy) is 1. The van der Waals surface area contributed by atoms with Crippen molar-refractivity contribution in [3.63, 3.8) is 0 Å². The first-order valence-electron chi connectivity index (χ1n) is 10.1. The van der Waals surface area contributed by atoms with E-state index >= 15 is 0 Å². The Morgan fingerprint density at radius 1 is 1.07 bits per heavy atom. The Kier molecular flexibility index (Phi) is 7.66. The number of nitrogens with one attached hydrogen (secondary N) is 1. The number of benzene rings is 1. The van der Waals surface area contributed by atoms with Crippen LogP contribution < -0.4 is 10.8 Å². The molecule has 1 atom stereocenters. The number of carbonyl (C=O) groups is 3. The highest BCUT2D eigenvalue weighted by Gasteiger charge is 2.51. The van der Waals surface area contributed by atoms with Crippen LogP contribution in [-0.2, 0) is 34.9 Å². The van der Waals surface area contributed by atoms with E-state index in [4.69, 9.17) is 14.0 Å². The van der Waals surface area contributed by atoms with Crippen LogP contribution in [0.3, 0.4) is 0 Å². The van der Waals surface area contributed by atoms with Crippen LogP contribution in [0.15, 0.2) is 24.3 Å². The molecule has 9 heteroatoms. The molecule has 2 rings (SSSR count). The molecule has 1 aromatic rings. The van der Waals surface area contributed by atoms with Gasteiger partial charge in [0.1, 0.15) is 6.04 Å². The molecule has 0 saturated carbocycles. The molecule has 164 valence electrons. The molecule has 30 heavy (non-hydrogen) atoms. The van der Waals surface area contributed by atoms with Gasteiger partial charge in [0, 0.05) is 12.8 Å². The lowest BCUT2D eigenvalue weighted by Crippen LogP contribution is -2.42. The number of carbonyl (C=O) groups excluding carboxylic acids is 2. The average molecular weight is 419 g/mol. The summed E-state index contributed by atoms with van der Waals surface area (Å²) in [5.41, 5.74) is 0.688. The lowest BCUT2D eigenvalue weighted by molar-refractivity contribution is -0.144. The quantitative estimate of drug-likeness (QED) is 0.460. The number of carboxylic acid groups (broad SMARTS) is 1. The van der Waals surface area contributed by atoms with Crippen molar-refractivity contribution in [2.24, 2.45) is 0 Å². The molecule has 1 aromatic carbocycles. The summed E-state index contributed by atoms with van der Waals surface area (Å²) in [6, 6.07) is 6.16. The van der Waals surface area contributed by atoms with Crippen molar-refractivity contribution in [1.29, 1.82) is 0 Å². The molecule has 1 aliphatic rings. The van der Waals surface area contributed by atoms with E-state index in [1.807, 2.05) is 39.8 Å². The number of esters is 1. The van der Waals surface area contributed by atoms with E-state index in [-0.39, 0.29) is 25.9 Å². The lowest BCUT2D eigenvalue weighted by Gasteiger charge is -2.32. The third kappa shape index (κ3) is 6.06. The first-order chi connectivity index (χ1) is 13.9. The number of hydrogen-bond donors (Lipinski definition) is 2. The zero-order chi connectivity index (χ0) is 22.5. The molecular formula is C21H30BNO7. The third-order valence-electron chi connectivity index (χ3n) is 5.44. The van der Waals surface area contributed by atoms with Crippen LogP contribution in [0.25, 0.3) is 0 Å². The van der Waals surface area contributed by atoms with Crippen molar-refractivity contribution in [1.82, 2.24) is 5.32 Å². The van der Waals surface area contributed by atoms with Gasteiger partial charge in [-0.3, -0.25) is 9.59 Å². The number of aliphatic carboxylic acids is 1. The number of carboxylic acids is 1. The van der Waals surface area contributed by atoms with Crippen molar-refractivity contribution in [2.45, 2.75) is 71.1 Å². The summed E-state index contributed by atoms with van der Waals surface area (Å²) in [5, 5.41) is 11.9. The zero-order valence-electron chi connectivity index (χ0n) is 18.2. The van der Waals surface area contributed by atoms with Gasteiger partial charge in [0.05, 0.1) is 24.2 Å². The minimum Gasteiger partial charge on any atom is -0.480 e. The second-order valence-electron chi connectivity index (χ2n) is 8.30. The maximum absolute atomic E-state index is 12.0. The predicted octanol–water partition coefficient (Wildman–Crippen LogP) is 1.44. The Morgan fingerprint density at radius 2 is 1.63 bits per heavy atom. The molecular weight excluding hydrogens is 389 g/mol. The van der Waals surface area contributed by atoms with Crippen molar-refractivity contribution < 1.29 is 33.5 Å². The Morgan fingerprint density at radius 3 is 2.13 bits per heavy atom. The predicted molar refractivity (Wildman–Crippen MR) is 111 cm³/mol. The zero-order valence-corrected chi connectivity index (χ0v) is 18.2. The molecule has 2 N–H and O–H groups in total. The van der Waals surface area contributed by atoms with Gasteiger partial charge >= 0.3 is 19.1 Å². The fourth-order valence-electron chi connectivity index (χ4n) is 2.94. The molecule has 1 fully saturated rings. The van der Waals surface area contributed by atoms with Crippen molar-refractivity contribution >= 4 is 30.4 Å². The first kappa shape index (κ1) is 23.9. The molecule has 1 aliphatic heterocycles. The third-order valence-corrected chi connectivity index (χ3v) is 5.44. The van der Waals surface area contributed by atoms with Gasteiger partial charge < -0.3 is 24.5 Å². The van der Waals surface area contributed by atoms with Gasteiger partial charge in [-0.2, -0.15) is 0 Å². The summed E-state index contributed by atoms with van der Waals surface area (Å²) < 4.78 is 16.8. The largest absolute Gasteiger partial charge is 0.494 e. The molecule has 1 saturated heterocycles. The summed E-state index contributed by atoms with van der Waals surface area (Å²) in [7, 11) is -0.498. The van der Waals surface area contributed by atoms with E-state index in [2.05, 4.69) is 5.32 Å². The second-order valence-corrected chi connectivity index (χ2v) is 8.30. The Hall–Kier alpha value is -2.39. The Bertz CT molecular complexity index is 760. The maximum atomic E-state index is 12.0. The molecule has 1 heterocycles. The fraction of sp³-hybridized carbons (Fsp3) is 0.571.